The molecule has 0 aliphatic heterocycles. The third-order valence-electron chi connectivity index (χ3n) is 3.48. The Balaban J connectivity index is 2.71. The number of imidazole rings is 1. The van der Waals surface area contributed by atoms with Crippen molar-refractivity contribution in [2.24, 2.45) is 0 Å². The number of benzene rings is 1. The molecule has 1 aromatic carbocycles. The molecule has 2 rings (SSSR count). The maximum absolute atomic E-state index is 12.7. The first-order valence-electron chi connectivity index (χ1n) is 5.99. The second-order valence-corrected chi connectivity index (χ2v) is 5.55. The predicted octanol–water partition coefficient (Wildman–Crippen LogP) is 4.86. The van der Waals surface area contributed by atoms with Gasteiger partial charge in [0.05, 0.1) is 16.6 Å². The number of nitrogens with zero attached hydrogens (tertiary/aromatic N) is 1. The lowest BCUT2D eigenvalue weighted by Gasteiger charge is -2.25. The van der Waals surface area contributed by atoms with Crippen LogP contribution in [-0.2, 0) is 11.7 Å². The van der Waals surface area contributed by atoms with E-state index in [4.69, 9.17) is 12.2 Å². The number of rotatable bonds is 2. The van der Waals surface area contributed by atoms with E-state index < -0.39 is 11.7 Å². The van der Waals surface area contributed by atoms with E-state index in [9.17, 15) is 13.2 Å². The predicted molar refractivity (Wildman–Crippen MR) is 71.7 cm³/mol. The Morgan fingerprint density at radius 3 is 2.42 bits per heavy atom. The summed E-state index contributed by atoms with van der Waals surface area (Å²) in [6.45, 7) is 6.03. The zero-order chi connectivity index (χ0) is 14.4. The van der Waals surface area contributed by atoms with Gasteiger partial charge in [-0.1, -0.05) is 6.92 Å². The Morgan fingerprint density at radius 1 is 1.26 bits per heavy atom. The van der Waals surface area contributed by atoms with Crippen LogP contribution in [0, 0.1) is 4.77 Å². The van der Waals surface area contributed by atoms with Gasteiger partial charge in [0.15, 0.2) is 4.77 Å². The van der Waals surface area contributed by atoms with Crippen LogP contribution in [0.2, 0.25) is 0 Å². The number of fused-ring (bicyclic) bond motifs is 1. The molecule has 2 nitrogen and oxygen atoms in total. The lowest BCUT2D eigenvalue weighted by Crippen LogP contribution is -2.25. The molecule has 0 aliphatic rings. The highest BCUT2D eigenvalue weighted by Crippen LogP contribution is 2.33. The summed E-state index contributed by atoms with van der Waals surface area (Å²) in [6.07, 6.45) is -3.51. The van der Waals surface area contributed by atoms with Crippen molar-refractivity contribution >= 4 is 23.3 Å². The van der Waals surface area contributed by atoms with Crippen molar-refractivity contribution in [3.8, 4) is 0 Å². The molecule has 0 unspecified atom stereocenters. The molecule has 104 valence electrons. The smallest absolute Gasteiger partial charge is 0.331 e. The van der Waals surface area contributed by atoms with Crippen LogP contribution in [0.5, 0.6) is 0 Å². The van der Waals surface area contributed by atoms with Crippen LogP contribution in [0.4, 0.5) is 13.2 Å². The van der Waals surface area contributed by atoms with E-state index in [1.54, 1.807) is 0 Å². The van der Waals surface area contributed by atoms with E-state index >= 15 is 0 Å². The minimum absolute atomic E-state index is 0.241. The monoisotopic (exact) mass is 288 g/mol. The van der Waals surface area contributed by atoms with Crippen LogP contribution in [-0.4, -0.2) is 9.55 Å². The lowest BCUT2D eigenvalue weighted by atomic mass is 10.0. The van der Waals surface area contributed by atoms with Gasteiger partial charge in [-0.25, -0.2) is 0 Å². The molecule has 0 bridgehead atoms. The van der Waals surface area contributed by atoms with Gasteiger partial charge in [0.25, 0.3) is 0 Å². The minimum Gasteiger partial charge on any atom is -0.331 e. The normalized spacial score (nSPS) is 13.2. The van der Waals surface area contributed by atoms with Gasteiger partial charge in [0, 0.05) is 5.54 Å². The van der Waals surface area contributed by atoms with Gasteiger partial charge >= 0.3 is 6.18 Å². The quantitative estimate of drug-likeness (QED) is 0.782. The maximum Gasteiger partial charge on any atom is 0.416 e. The van der Waals surface area contributed by atoms with Gasteiger partial charge in [0.1, 0.15) is 0 Å². The highest BCUT2D eigenvalue weighted by molar-refractivity contribution is 7.71. The minimum atomic E-state index is -4.34. The molecule has 0 atom stereocenters. The fourth-order valence-corrected chi connectivity index (χ4v) is 2.50. The number of hydrogen-bond donors (Lipinski definition) is 1. The molecule has 19 heavy (non-hydrogen) atoms. The molecule has 1 N–H and O–H groups in total. The van der Waals surface area contributed by atoms with Gasteiger partial charge in [-0.05, 0) is 50.7 Å². The first-order chi connectivity index (χ1) is 8.66. The van der Waals surface area contributed by atoms with E-state index in [-0.39, 0.29) is 5.54 Å². The average Bonchev–Trinajstić information content (AvgIpc) is 2.63. The molecule has 0 aliphatic carbocycles. The number of H-pyrrole nitrogens is 1. The summed E-state index contributed by atoms with van der Waals surface area (Å²) in [7, 11) is 0. The third-order valence-corrected chi connectivity index (χ3v) is 3.76. The second-order valence-electron chi connectivity index (χ2n) is 5.16. The van der Waals surface area contributed by atoms with Gasteiger partial charge in [-0.15, -0.1) is 0 Å². The van der Waals surface area contributed by atoms with E-state index in [0.29, 0.717) is 15.8 Å². The first-order valence-corrected chi connectivity index (χ1v) is 6.40. The summed E-state index contributed by atoms with van der Waals surface area (Å²) in [5.41, 5.74) is 0.207. The number of hydrogen-bond acceptors (Lipinski definition) is 1. The van der Waals surface area contributed by atoms with Crippen LogP contribution in [0.25, 0.3) is 11.0 Å². The highest BCUT2D eigenvalue weighted by atomic mass is 32.1. The number of nitrogens with one attached hydrogen (secondary N) is 1. The van der Waals surface area contributed by atoms with Crippen molar-refractivity contribution in [1.29, 1.82) is 0 Å². The zero-order valence-electron chi connectivity index (χ0n) is 10.9. The lowest BCUT2D eigenvalue weighted by molar-refractivity contribution is -0.137. The van der Waals surface area contributed by atoms with Crippen LogP contribution in [0.3, 0.4) is 0 Å². The fourth-order valence-electron chi connectivity index (χ4n) is 2.05. The van der Waals surface area contributed by atoms with E-state index in [2.05, 4.69) is 4.98 Å². The van der Waals surface area contributed by atoms with Crippen molar-refractivity contribution in [3.63, 3.8) is 0 Å². The molecule has 1 aromatic heterocycles. The first kappa shape index (κ1) is 14.1. The average molecular weight is 288 g/mol. The summed E-state index contributed by atoms with van der Waals surface area (Å²) in [5, 5.41) is 0. The number of aromatic amines is 1. The molecule has 2 aromatic rings. The molecule has 0 saturated heterocycles. The third kappa shape index (κ3) is 2.41. The summed E-state index contributed by atoms with van der Waals surface area (Å²) in [5.74, 6) is 0. The Bertz CT molecular complexity index is 665. The van der Waals surface area contributed by atoms with Crippen LogP contribution in [0.1, 0.15) is 32.8 Å². The number of halogens is 3. The van der Waals surface area contributed by atoms with Crippen molar-refractivity contribution in [2.75, 3.05) is 0 Å². The largest absolute Gasteiger partial charge is 0.416 e. The van der Waals surface area contributed by atoms with Crippen LogP contribution < -0.4 is 0 Å². The topological polar surface area (TPSA) is 20.7 Å². The molecule has 0 amide bonds. The van der Waals surface area contributed by atoms with Crippen molar-refractivity contribution in [1.82, 2.24) is 9.55 Å². The Labute approximate surface area is 114 Å². The summed E-state index contributed by atoms with van der Waals surface area (Å²) >= 11 is 5.23. The van der Waals surface area contributed by atoms with Gasteiger partial charge in [-0.2, -0.15) is 13.2 Å². The fraction of sp³-hybridized carbons (Fsp3) is 0.462. The molecule has 0 fully saturated rings. The Morgan fingerprint density at radius 2 is 1.89 bits per heavy atom. The van der Waals surface area contributed by atoms with Crippen molar-refractivity contribution < 1.29 is 13.2 Å². The van der Waals surface area contributed by atoms with E-state index in [1.165, 1.54) is 6.07 Å². The highest BCUT2D eigenvalue weighted by Gasteiger charge is 2.31. The SMILES string of the molecule is CCC(C)(C)n1c(=S)[nH]c2cc(C(F)(F)F)ccc21. The summed E-state index contributed by atoms with van der Waals surface area (Å²) < 4.78 is 40.3. The van der Waals surface area contributed by atoms with Gasteiger partial charge in [-0.3, -0.25) is 0 Å². The molecule has 0 radical (unpaired) electrons. The van der Waals surface area contributed by atoms with Crippen LogP contribution >= 0.6 is 12.2 Å². The summed E-state index contributed by atoms with van der Waals surface area (Å²) in [6, 6.07) is 3.67. The van der Waals surface area contributed by atoms with Crippen molar-refractivity contribution in [2.45, 2.75) is 38.9 Å². The molecule has 6 heteroatoms. The number of aromatic nitrogens is 2. The second kappa shape index (κ2) is 4.37. The standard InChI is InChI=1S/C13H15F3N2S/c1-4-12(2,3)18-10-6-5-8(13(14,15)16)7-9(10)17-11(18)19/h5-7H,4H2,1-3H3,(H,17,19). The molecule has 0 saturated carbocycles. The van der Waals surface area contributed by atoms with Gasteiger partial charge < -0.3 is 9.55 Å². The summed E-state index contributed by atoms with van der Waals surface area (Å²) in [4.78, 5) is 2.86. The van der Waals surface area contributed by atoms with Crippen molar-refractivity contribution in [3.05, 3.63) is 28.5 Å². The Hall–Kier alpha value is -1.30. The molecular weight excluding hydrogens is 273 g/mol. The van der Waals surface area contributed by atoms with E-state index in [1.807, 2.05) is 25.3 Å². The van der Waals surface area contributed by atoms with Crippen LogP contribution in [0.15, 0.2) is 18.2 Å². The van der Waals surface area contributed by atoms with Gasteiger partial charge in [0.2, 0.25) is 0 Å². The molecular formula is C13H15F3N2S. The molecule has 1 heterocycles. The Kier molecular flexibility index (Phi) is 3.24. The van der Waals surface area contributed by atoms with E-state index in [0.717, 1.165) is 18.6 Å². The zero-order valence-corrected chi connectivity index (χ0v) is 11.7. The molecule has 0 spiro atoms. The number of alkyl halides is 3. The maximum atomic E-state index is 12.7.